The van der Waals surface area contributed by atoms with Gasteiger partial charge in [-0.05, 0) is 41.3 Å². The lowest BCUT2D eigenvalue weighted by molar-refractivity contribution is -0.191. The maximum Gasteiger partial charge on any atom is 0.304 e. The van der Waals surface area contributed by atoms with Crippen molar-refractivity contribution in [2.45, 2.75) is 46.1 Å². The molecule has 0 aromatic heterocycles. The highest BCUT2D eigenvalue weighted by Gasteiger charge is 2.48. The van der Waals surface area contributed by atoms with Crippen LogP contribution in [0.5, 0.6) is 11.5 Å². The Kier molecular flexibility index (Phi) is 7.58. The molecule has 3 rings (SSSR count). The summed E-state index contributed by atoms with van der Waals surface area (Å²) >= 11 is 0. The van der Waals surface area contributed by atoms with Crippen molar-refractivity contribution in [3.63, 3.8) is 0 Å². The van der Waals surface area contributed by atoms with Crippen LogP contribution < -0.4 is 9.47 Å². The van der Waals surface area contributed by atoms with Crippen molar-refractivity contribution in [3.05, 3.63) is 59.7 Å². The third-order valence-corrected chi connectivity index (χ3v) is 5.58. The molecule has 2 aromatic rings. The molecule has 1 aliphatic rings. The van der Waals surface area contributed by atoms with Crippen LogP contribution in [0.4, 0.5) is 0 Å². The van der Waals surface area contributed by atoms with Gasteiger partial charge in [-0.1, -0.05) is 38.1 Å². The zero-order valence-corrected chi connectivity index (χ0v) is 19.6. The second-order valence-electron chi connectivity index (χ2n) is 8.28. The number of hydrogen-bond acceptors (Lipinski definition) is 6. The van der Waals surface area contributed by atoms with Crippen LogP contribution in [-0.2, 0) is 32.2 Å². The predicted molar refractivity (Wildman–Crippen MR) is 121 cm³/mol. The highest BCUT2D eigenvalue weighted by atomic mass is 16.6. The van der Waals surface area contributed by atoms with Crippen LogP contribution >= 0.6 is 0 Å². The lowest BCUT2D eigenvalue weighted by atomic mass is 9.96. The minimum atomic E-state index is -1.33. The number of hydrogen-bond donors (Lipinski definition) is 0. The summed E-state index contributed by atoms with van der Waals surface area (Å²) in [4.78, 5) is 41.9. The second kappa shape index (κ2) is 10.4. The minimum Gasteiger partial charge on any atom is -0.497 e. The maximum absolute atomic E-state index is 13.6. The number of esters is 1. The molecule has 1 fully saturated rings. The quantitative estimate of drug-likeness (QED) is 0.570. The largest absolute Gasteiger partial charge is 0.497 e. The lowest BCUT2D eigenvalue weighted by Crippen LogP contribution is -2.66. The van der Waals surface area contributed by atoms with E-state index in [0.717, 1.165) is 11.1 Å². The van der Waals surface area contributed by atoms with E-state index in [0.29, 0.717) is 11.5 Å². The maximum atomic E-state index is 13.6. The summed E-state index contributed by atoms with van der Waals surface area (Å²) in [5, 5.41) is 0. The Hall–Kier alpha value is -3.55. The van der Waals surface area contributed by atoms with E-state index in [1.165, 1.54) is 16.7 Å². The Morgan fingerprint density at radius 1 is 0.818 bits per heavy atom. The van der Waals surface area contributed by atoms with E-state index < -0.39 is 24.1 Å². The van der Waals surface area contributed by atoms with Crippen LogP contribution in [0, 0.1) is 5.92 Å². The van der Waals surface area contributed by atoms with E-state index in [4.69, 9.17) is 14.2 Å². The number of nitrogens with zero attached hydrogens (tertiary/aromatic N) is 2. The zero-order valence-electron chi connectivity index (χ0n) is 19.6. The molecule has 33 heavy (non-hydrogen) atoms. The molecule has 8 nitrogen and oxygen atoms in total. The first-order valence-corrected chi connectivity index (χ1v) is 10.8. The number of piperazine rings is 1. The molecule has 0 saturated carbocycles. The first kappa shape index (κ1) is 24.1. The van der Waals surface area contributed by atoms with Gasteiger partial charge in [0.1, 0.15) is 17.5 Å². The highest BCUT2D eigenvalue weighted by molar-refractivity contribution is 5.97. The molecular weight excluding hydrogens is 424 g/mol. The Morgan fingerprint density at radius 3 is 1.67 bits per heavy atom. The van der Waals surface area contributed by atoms with E-state index in [9.17, 15) is 14.4 Å². The van der Waals surface area contributed by atoms with Crippen LogP contribution in [0.1, 0.15) is 31.9 Å². The van der Waals surface area contributed by atoms with E-state index in [1.807, 2.05) is 38.1 Å². The summed E-state index contributed by atoms with van der Waals surface area (Å²) in [7, 11) is 3.15. The molecule has 8 heteroatoms. The zero-order chi connectivity index (χ0) is 24.1. The normalized spacial score (nSPS) is 18.5. The number of amides is 2. The molecule has 0 unspecified atom stereocenters. The monoisotopic (exact) mass is 454 g/mol. The molecular formula is C25H30N2O6. The summed E-state index contributed by atoms with van der Waals surface area (Å²) in [5.41, 5.74) is 1.63. The van der Waals surface area contributed by atoms with Crippen LogP contribution in [-0.4, -0.2) is 54.1 Å². The number of ether oxygens (including phenoxy) is 3. The lowest BCUT2D eigenvalue weighted by Gasteiger charge is -2.45. The fourth-order valence-corrected chi connectivity index (χ4v) is 3.94. The van der Waals surface area contributed by atoms with Gasteiger partial charge in [0.25, 0.3) is 12.1 Å². The van der Waals surface area contributed by atoms with E-state index >= 15 is 0 Å². The third-order valence-electron chi connectivity index (χ3n) is 5.58. The van der Waals surface area contributed by atoms with Gasteiger partial charge < -0.3 is 19.1 Å². The molecule has 176 valence electrons. The number of carbonyl (C=O) groups is 3. The van der Waals surface area contributed by atoms with Crippen LogP contribution in [0.3, 0.4) is 0 Å². The van der Waals surface area contributed by atoms with E-state index in [-0.39, 0.29) is 24.9 Å². The summed E-state index contributed by atoms with van der Waals surface area (Å²) < 4.78 is 15.7. The molecule has 1 aliphatic heterocycles. The first-order chi connectivity index (χ1) is 15.7. The van der Waals surface area contributed by atoms with Crippen molar-refractivity contribution < 1.29 is 28.6 Å². The molecule has 2 aromatic carbocycles. The van der Waals surface area contributed by atoms with Gasteiger partial charge in [0.2, 0.25) is 5.91 Å². The fourth-order valence-electron chi connectivity index (χ4n) is 3.94. The average Bonchev–Trinajstić information content (AvgIpc) is 2.80. The number of benzene rings is 2. The number of rotatable bonds is 8. The minimum absolute atomic E-state index is 0.131. The molecule has 0 spiro atoms. The first-order valence-electron chi connectivity index (χ1n) is 10.8. The van der Waals surface area contributed by atoms with Crippen LogP contribution in [0.2, 0.25) is 0 Å². The van der Waals surface area contributed by atoms with E-state index in [1.54, 1.807) is 38.5 Å². The van der Waals surface area contributed by atoms with Gasteiger partial charge in [-0.2, -0.15) is 0 Å². The molecule has 1 heterocycles. The third kappa shape index (κ3) is 5.45. The van der Waals surface area contributed by atoms with Gasteiger partial charge >= 0.3 is 5.97 Å². The Bertz CT molecular complexity index is 987. The van der Waals surface area contributed by atoms with Gasteiger partial charge in [-0.25, -0.2) is 0 Å². The van der Waals surface area contributed by atoms with Crippen molar-refractivity contribution in [1.82, 2.24) is 9.80 Å². The summed E-state index contributed by atoms with van der Waals surface area (Å²) in [5.74, 6) is -0.0802. The Balaban J connectivity index is 1.93. The van der Waals surface area contributed by atoms with Crippen molar-refractivity contribution in [1.29, 1.82) is 0 Å². The molecule has 2 atom stereocenters. The van der Waals surface area contributed by atoms with Crippen molar-refractivity contribution >= 4 is 17.8 Å². The second-order valence-corrected chi connectivity index (χ2v) is 8.28. The fraction of sp³-hybridized carbons (Fsp3) is 0.400. The molecule has 0 N–H and O–H groups in total. The molecule has 0 aliphatic carbocycles. The molecule has 1 saturated heterocycles. The number of methoxy groups -OCH3 is 2. The van der Waals surface area contributed by atoms with Gasteiger partial charge in [0.05, 0.1) is 14.2 Å². The topological polar surface area (TPSA) is 85.4 Å². The predicted octanol–water partition coefficient (Wildman–Crippen LogP) is 2.99. The van der Waals surface area contributed by atoms with Gasteiger partial charge in [-0.15, -0.1) is 0 Å². The SMILES string of the molecule is COc1ccc(CN2C(=O)[C@@H](C(C)C)N(Cc3ccc(OC)cc3)C(=O)[C@@H]2OC(C)=O)cc1. The molecule has 2 amide bonds. The Labute approximate surface area is 194 Å². The van der Waals surface area contributed by atoms with Gasteiger partial charge in [-0.3, -0.25) is 19.3 Å². The number of carbonyl (C=O) groups excluding carboxylic acids is 3. The Morgan fingerprint density at radius 2 is 1.27 bits per heavy atom. The van der Waals surface area contributed by atoms with Crippen molar-refractivity contribution in [3.8, 4) is 11.5 Å². The van der Waals surface area contributed by atoms with Gasteiger partial charge in [0, 0.05) is 20.0 Å². The standard InChI is InChI=1S/C25H30N2O6/c1-16(2)22-23(29)27(15-19-8-12-21(32-5)13-9-19)25(33-17(3)28)24(30)26(22)14-18-6-10-20(31-4)11-7-18/h6-13,16,22,25H,14-15H2,1-5H3/t22-,25+/m1/s1. The average molecular weight is 455 g/mol. The highest BCUT2D eigenvalue weighted by Crippen LogP contribution is 2.28. The summed E-state index contributed by atoms with van der Waals surface area (Å²) in [6.07, 6.45) is -1.33. The van der Waals surface area contributed by atoms with Crippen LogP contribution in [0.15, 0.2) is 48.5 Å². The summed E-state index contributed by atoms with van der Waals surface area (Å²) in [6, 6.07) is 13.8. The molecule has 0 bridgehead atoms. The van der Waals surface area contributed by atoms with Crippen molar-refractivity contribution in [2.75, 3.05) is 14.2 Å². The smallest absolute Gasteiger partial charge is 0.304 e. The molecule has 0 radical (unpaired) electrons. The van der Waals surface area contributed by atoms with E-state index in [2.05, 4.69) is 0 Å². The van der Waals surface area contributed by atoms with Crippen LogP contribution in [0.25, 0.3) is 0 Å². The van der Waals surface area contributed by atoms with Gasteiger partial charge in [0.15, 0.2) is 0 Å². The van der Waals surface area contributed by atoms with Crippen molar-refractivity contribution in [2.24, 2.45) is 5.92 Å². The summed E-state index contributed by atoms with van der Waals surface area (Å²) in [6.45, 7) is 5.37.